The van der Waals surface area contributed by atoms with E-state index in [9.17, 15) is 14.4 Å². The molecular weight excluding hydrogens is 218 g/mol. The highest BCUT2D eigenvalue weighted by atomic mass is 16.5. The van der Waals surface area contributed by atoms with Crippen LogP contribution in [0.3, 0.4) is 0 Å². The van der Waals surface area contributed by atoms with Crippen molar-refractivity contribution in [3.05, 3.63) is 0 Å². The van der Waals surface area contributed by atoms with Gasteiger partial charge in [0.1, 0.15) is 6.04 Å². The van der Waals surface area contributed by atoms with E-state index in [0.717, 1.165) is 0 Å². The second kappa shape index (κ2) is 7.49. The molecule has 0 aromatic heterocycles. The molecule has 0 aliphatic heterocycles. The molecule has 1 unspecified atom stereocenters. The van der Waals surface area contributed by atoms with E-state index in [1.54, 1.807) is 6.92 Å². The highest BCUT2D eigenvalue weighted by Crippen LogP contribution is 1.95. The molecule has 92 valence electrons. The highest BCUT2D eigenvalue weighted by Gasteiger charge is 2.20. The molecule has 0 heterocycles. The first-order valence-corrected chi connectivity index (χ1v) is 4.76. The average Bonchev–Trinajstić information content (AvgIpc) is 2.15. The Kier molecular flexibility index (Phi) is 6.66. The number of alkyl carbamates (subject to hydrolysis) is 1. The summed E-state index contributed by atoms with van der Waals surface area (Å²) in [6.45, 7) is 2.91. The molecule has 0 radical (unpaired) electrons. The predicted octanol–water partition coefficient (Wildman–Crippen LogP) is 0.139. The third-order valence-electron chi connectivity index (χ3n) is 1.58. The Morgan fingerprint density at radius 3 is 2.38 bits per heavy atom. The smallest absolute Gasteiger partial charge is 0.407 e. The van der Waals surface area contributed by atoms with Crippen molar-refractivity contribution in [2.45, 2.75) is 26.3 Å². The van der Waals surface area contributed by atoms with Crippen molar-refractivity contribution >= 4 is 18.0 Å². The molecule has 0 fully saturated rings. The summed E-state index contributed by atoms with van der Waals surface area (Å²) in [7, 11) is 0. The van der Waals surface area contributed by atoms with Gasteiger partial charge in [-0.25, -0.2) is 9.59 Å². The lowest BCUT2D eigenvalue weighted by Crippen LogP contribution is -2.41. The van der Waals surface area contributed by atoms with Crippen LogP contribution >= 0.6 is 0 Å². The maximum Gasteiger partial charge on any atom is 0.407 e. The Morgan fingerprint density at radius 1 is 1.31 bits per heavy atom. The zero-order chi connectivity index (χ0) is 12.6. The normalized spacial score (nSPS) is 11.4. The van der Waals surface area contributed by atoms with E-state index < -0.39 is 24.1 Å². The average molecular weight is 233 g/mol. The Hall–Kier alpha value is -1.79. The van der Waals surface area contributed by atoms with Gasteiger partial charge in [-0.2, -0.15) is 0 Å². The zero-order valence-corrected chi connectivity index (χ0v) is 9.19. The van der Waals surface area contributed by atoms with Crippen molar-refractivity contribution < 1.29 is 29.0 Å². The molecule has 0 saturated carbocycles. The summed E-state index contributed by atoms with van der Waals surface area (Å²) in [6.07, 6.45) is -0.814. The first-order chi connectivity index (χ1) is 7.47. The van der Waals surface area contributed by atoms with Crippen LogP contribution in [-0.4, -0.2) is 42.4 Å². The zero-order valence-electron chi connectivity index (χ0n) is 9.19. The molecule has 0 saturated heterocycles. The highest BCUT2D eigenvalue weighted by molar-refractivity contribution is 5.79. The van der Waals surface area contributed by atoms with Crippen LogP contribution in [0.5, 0.6) is 0 Å². The maximum absolute atomic E-state index is 11.0. The number of hydrogen-bond acceptors (Lipinski definition) is 5. The molecule has 0 spiro atoms. The summed E-state index contributed by atoms with van der Waals surface area (Å²) in [4.78, 5) is 32.1. The summed E-state index contributed by atoms with van der Waals surface area (Å²) in [5.41, 5.74) is 0. The second-order valence-electron chi connectivity index (χ2n) is 2.88. The molecular formula is C9H15NO6. The molecule has 0 aliphatic rings. The maximum atomic E-state index is 11.0. The number of nitrogens with one attached hydrogen (secondary N) is 1. The SMILES string of the molecule is CCOC(=O)NC(CCOC(C)=O)C(=O)O. The van der Waals surface area contributed by atoms with Crippen LogP contribution in [0.2, 0.25) is 0 Å². The van der Waals surface area contributed by atoms with E-state index in [1.165, 1.54) is 6.92 Å². The van der Waals surface area contributed by atoms with Gasteiger partial charge in [-0.05, 0) is 6.92 Å². The van der Waals surface area contributed by atoms with E-state index in [1.807, 2.05) is 0 Å². The molecule has 7 nitrogen and oxygen atoms in total. The van der Waals surface area contributed by atoms with Crippen molar-refractivity contribution in [2.24, 2.45) is 0 Å². The standard InChI is InChI=1S/C9H15NO6/c1-3-15-9(14)10-7(8(12)13)4-5-16-6(2)11/h7H,3-5H2,1-2H3,(H,10,14)(H,12,13). The Morgan fingerprint density at radius 2 is 1.94 bits per heavy atom. The van der Waals surface area contributed by atoms with Crippen molar-refractivity contribution in [3.8, 4) is 0 Å². The van der Waals surface area contributed by atoms with Gasteiger partial charge in [-0.15, -0.1) is 0 Å². The van der Waals surface area contributed by atoms with Gasteiger partial charge in [0, 0.05) is 13.3 Å². The van der Waals surface area contributed by atoms with E-state index in [-0.39, 0.29) is 19.6 Å². The minimum absolute atomic E-state index is 0.00622. The number of carboxylic acid groups (broad SMARTS) is 1. The van der Waals surface area contributed by atoms with Gasteiger partial charge in [0.25, 0.3) is 0 Å². The molecule has 1 atom stereocenters. The van der Waals surface area contributed by atoms with Crippen LogP contribution in [-0.2, 0) is 19.1 Å². The lowest BCUT2D eigenvalue weighted by Gasteiger charge is -2.13. The summed E-state index contributed by atoms with van der Waals surface area (Å²) < 4.78 is 9.10. The summed E-state index contributed by atoms with van der Waals surface area (Å²) in [5.74, 6) is -1.71. The van der Waals surface area contributed by atoms with Gasteiger partial charge in [-0.1, -0.05) is 0 Å². The number of carboxylic acids is 1. The van der Waals surface area contributed by atoms with Crippen molar-refractivity contribution in [3.63, 3.8) is 0 Å². The fraction of sp³-hybridized carbons (Fsp3) is 0.667. The van der Waals surface area contributed by atoms with E-state index in [4.69, 9.17) is 5.11 Å². The largest absolute Gasteiger partial charge is 0.480 e. The molecule has 0 aliphatic carbocycles. The fourth-order valence-corrected chi connectivity index (χ4v) is 0.893. The van der Waals surface area contributed by atoms with Gasteiger partial charge >= 0.3 is 18.0 Å². The first-order valence-electron chi connectivity index (χ1n) is 4.76. The van der Waals surface area contributed by atoms with Crippen molar-refractivity contribution in [1.29, 1.82) is 0 Å². The van der Waals surface area contributed by atoms with Gasteiger partial charge in [0.05, 0.1) is 13.2 Å². The second-order valence-corrected chi connectivity index (χ2v) is 2.88. The van der Waals surface area contributed by atoms with Crippen molar-refractivity contribution in [2.75, 3.05) is 13.2 Å². The molecule has 1 amide bonds. The summed E-state index contributed by atoms with van der Waals surface area (Å²) in [5, 5.41) is 10.9. The molecule has 2 N–H and O–H groups in total. The lowest BCUT2D eigenvalue weighted by atomic mass is 10.2. The quantitative estimate of drug-likeness (QED) is 0.632. The van der Waals surface area contributed by atoms with Crippen LogP contribution in [0.15, 0.2) is 0 Å². The molecule has 0 aromatic rings. The fourth-order valence-electron chi connectivity index (χ4n) is 0.893. The number of carbonyl (C=O) groups is 3. The number of rotatable bonds is 6. The summed E-state index contributed by atoms with van der Waals surface area (Å²) >= 11 is 0. The van der Waals surface area contributed by atoms with Gasteiger partial charge in [-0.3, -0.25) is 4.79 Å². The molecule has 0 bridgehead atoms. The topological polar surface area (TPSA) is 102 Å². The number of amides is 1. The number of carbonyl (C=O) groups excluding carboxylic acids is 2. The molecule has 16 heavy (non-hydrogen) atoms. The van der Waals surface area contributed by atoms with Gasteiger partial charge < -0.3 is 19.9 Å². The van der Waals surface area contributed by atoms with Crippen LogP contribution < -0.4 is 5.32 Å². The van der Waals surface area contributed by atoms with Crippen LogP contribution in [0.4, 0.5) is 4.79 Å². The van der Waals surface area contributed by atoms with Gasteiger partial charge in [0.15, 0.2) is 0 Å². The van der Waals surface area contributed by atoms with Crippen LogP contribution in [0.25, 0.3) is 0 Å². The minimum Gasteiger partial charge on any atom is -0.480 e. The first kappa shape index (κ1) is 14.2. The Balaban J connectivity index is 4.02. The van der Waals surface area contributed by atoms with Crippen LogP contribution in [0, 0.1) is 0 Å². The molecule has 0 rings (SSSR count). The van der Waals surface area contributed by atoms with Crippen LogP contribution in [0.1, 0.15) is 20.3 Å². The third-order valence-corrected chi connectivity index (χ3v) is 1.58. The van der Waals surface area contributed by atoms with E-state index in [2.05, 4.69) is 14.8 Å². The predicted molar refractivity (Wildman–Crippen MR) is 52.8 cm³/mol. The summed E-state index contributed by atoms with van der Waals surface area (Å²) in [6, 6.07) is -1.13. The van der Waals surface area contributed by atoms with E-state index >= 15 is 0 Å². The number of hydrogen-bond donors (Lipinski definition) is 2. The Labute approximate surface area is 92.7 Å². The molecule has 7 heteroatoms. The monoisotopic (exact) mass is 233 g/mol. The van der Waals surface area contributed by atoms with Crippen molar-refractivity contribution in [1.82, 2.24) is 5.32 Å². The Bertz CT molecular complexity index is 265. The lowest BCUT2D eigenvalue weighted by molar-refractivity contribution is -0.144. The third kappa shape index (κ3) is 6.63. The number of aliphatic carboxylic acids is 1. The van der Waals surface area contributed by atoms with E-state index in [0.29, 0.717) is 0 Å². The number of esters is 1. The number of ether oxygens (including phenoxy) is 2. The molecule has 0 aromatic carbocycles. The van der Waals surface area contributed by atoms with Gasteiger partial charge in [0.2, 0.25) is 0 Å². The minimum atomic E-state index is -1.21.